The number of urea groups is 1. The molecule has 0 aliphatic carbocycles. The zero-order valence-corrected chi connectivity index (χ0v) is 13.8. The fraction of sp³-hybridized carbons (Fsp3) is 0.471. The summed E-state index contributed by atoms with van der Waals surface area (Å²) in [4.78, 5) is 37.8. The van der Waals surface area contributed by atoms with Crippen LogP contribution in [0.5, 0.6) is 0 Å². The van der Waals surface area contributed by atoms with Crippen LogP contribution in [0, 0.1) is 0 Å². The van der Waals surface area contributed by atoms with Gasteiger partial charge in [-0.2, -0.15) is 0 Å². The maximum atomic E-state index is 12.6. The van der Waals surface area contributed by atoms with Gasteiger partial charge in [0.1, 0.15) is 12.1 Å². The molecule has 4 amide bonds. The summed E-state index contributed by atoms with van der Waals surface area (Å²) >= 11 is 0. The fourth-order valence-electron chi connectivity index (χ4n) is 2.78. The zero-order chi connectivity index (χ0) is 17.0. The van der Waals surface area contributed by atoms with Crippen LogP contribution in [0.25, 0.3) is 0 Å². The van der Waals surface area contributed by atoms with Crippen LogP contribution in [0.1, 0.15) is 39.2 Å². The summed E-state index contributed by atoms with van der Waals surface area (Å²) in [5.74, 6) is -0.737. The third-order valence-corrected chi connectivity index (χ3v) is 4.06. The monoisotopic (exact) mass is 317 g/mol. The lowest BCUT2D eigenvalue weighted by Crippen LogP contribution is -2.44. The van der Waals surface area contributed by atoms with E-state index in [1.807, 2.05) is 32.0 Å². The molecule has 0 bridgehead atoms. The summed E-state index contributed by atoms with van der Waals surface area (Å²) in [6.45, 7) is 5.33. The van der Waals surface area contributed by atoms with Gasteiger partial charge in [0.15, 0.2) is 0 Å². The number of hydrogen-bond acceptors (Lipinski definition) is 3. The van der Waals surface area contributed by atoms with Crippen LogP contribution in [-0.2, 0) is 15.1 Å². The summed E-state index contributed by atoms with van der Waals surface area (Å²) in [5.41, 5.74) is -0.436. The van der Waals surface area contributed by atoms with Crippen LogP contribution in [-0.4, -0.2) is 35.3 Å². The highest BCUT2D eigenvalue weighted by molar-refractivity contribution is 6.09. The standard InChI is InChI=1S/C17H23N3O3/c1-4-8-12(2)18-14(21)11-20-15(22)17(3,19-16(20)23)13-9-6-5-7-10-13/h5-7,9-10,12H,4,8,11H2,1-3H3,(H,18,21)(H,19,23). The second kappa shape index (κ2) is 6.81. The average molecular weight is 317 g/mol. The first-order valence-electron chi connectivity index (χ1n) is 7.87. The highest BCUT2D eigenvalue weighted by Crippen LogP contribution is 2.28. The Labute approximate surface area is 136 Å². The predicted octanol–water partition coefficient (Wildman–Crippen LogP) is 1.76. The lowest BCUT2D eigenvalue weighted by atomic mass is 9.92. The number of carbonyl (C=O) groups is 3. The van der Waals surface area contributed by atoms with Crippen molar-refractivity contribution in [2.75, 3.05) is 6.54 Å². The highest BCUT2D eigenvalue weighted by Gasteiger charge is 2.49. The smallest absolute Gasteiger partial charge is 0.325 e. The van der Waals surface area contributed by atoms with E-state index < -0.39 is 17.5 Å². The molecule has 6 heteroatoms. The number of nitrogens with one attached hydrogen (secondary N) is 2. The summed E-state index contributed by atoms with van der Waals surface area (Å²) in [6.07, 6.45) is 1.81. The predicted molar refractivity (Wildman–Crippen MR) is 86.6 cm³/mol. The average Bonchev–Trinajstić information content (AvgIpc) is 2.73. The Balaban J connectivity index is 2.09. The lowest BCUT2D eigenvalue weighted by molar-refractivity contribution is -0.135. The molecule has 2 rings (SSSR count). The molecule has 1 aromatic carbocycles. The normalized spacial score (nSPS) is 22.0. The van der Waals surface area contributed by atoms with E-state index in [-0.39, 0.29) is 18.5 Å². The Kier molecular flexibility index (Phi) is 5.03. The maximum Gasteiger partial charge on any atom is 0.325 e. The van der Waals surface area contributed by atoms with Crippen molar-refractivity contribution >= 4 is 17.8 Å². The molecule has 1 aromatic rings. The molecule has 1 fully saturated rings. The Bertz CT molecular complexity index is 602. The van der Waals surface area contributed by atoms with E-state index >= 15 is 0 Å². The van der Waals surface area contributed by atoms with Crippen molar-refractivity contribution in [2.45, 2.75) is 45.2 Å². The molecule has 124 valence electrons. The van der Waals surface area contributed by atoms with Crippen LogP contribution in [0.4, 0.5) is 4.79 Å². The summed E-state index contributed by atoms with van der Waals surface area (Å²) in [6, 6.07) is 8.50. The molecule has 6 nitrogen and oxygen atoms in total. The van der Waals surface area contributed by atoms with Crippen LogP contribution in [0.3, 0.4) is 0 Å². The summed E-state index contributed by atoms with van der Waals surface area (Å²) in [7, 11) is 0. The number of imide groups is 1. The Morgan fingerprint density at radius 1 is 1.30 bits per heavy atom. The number of nitrogens with zero attached hydrogens (tertiary/aromatic N) is 1. The van der Waals surface area contributed by atoms with Crippen molar-refractivity contribution in [1.29, 1.82) is 0 Å². The number of amides is 4. The Morgan fingerprint density at radius 2 is 1.96 bits per heavy atom. The fourth-order valence-corrected chi connectivity index (χ4v) is 2.78. The van der Waals surface area contributed by atoms with Crippen molar-refractivity contribution in [3.05, 3.63) is 35.9 Å². The van der Waals surface area contributed by atoms with Gasteiger partial charge in [0, 0.05) is 6.04 Å². The number of hydrogen-bond donors (Lipinski definition) is 2. The molecular formula is C17H23N3O3. The summed E-state index contributed by atoms with van der Waals surface area (Å²) < 4.78 is 0. The van der Waals surface area contributed by atoms with E-state index in [9.17, 15) is 14.4 Å². The largest absolute Gasteiger partial charge is 0.352 e. The van der Waals surface area contributed by atoms with E-state index in [4.69, 9.17) is 0 Å². The van der Waals surface area contributed by atoms with Gasteiger partial charge in [-0.05, 0) is 25.8 Å². The van der Waals surface area contributed by atoms with Crippen LogP contribution in [0.2, 0.25) is 0 Å². The van der Waals surface area contributed by atoms with Gasteiger partial charge in [0.05, 0.1) is 0 Å². The first-order valence-corrected chi connectivity index (χ1v) is 7.87. The summed E-state index contributed by atoms with van der Waals surface area (Å²) in [5, 5.41) is 5.49. The lowest BCUT2D eigenvalue weighted by Gasteiger charge is -2.22. The molecule has 0 saturated carbocycles. The second-order valence-electron chi connectivity index (χ2n) is 6.07. The number of carbonyl (C=O) groups excluding carboxylic acids is 3. The molecule has 1 saturated heterocycles. The number of benzene rings is 1. The van der Waals surface area contributed by atoms with E-state index in [1.54, 1.807) is 19.1 Å². The van der Waals surface area contributed by atoms with Gasteiger partial charge in [-0.15, -0.1) is 0 Å². The van der Waals surface area contributed by atoms with Crippen molar-refractivity contribution in [3.8, 4) is 0 Å². The van der Waals surface area contributed by atoms with Crippen LogP contribution in [0.15, 0.2) is 30.3 Å². The van der Waals surface area contributed by atoms with Crippen LogP contribution < -0.4 is 10.6 Å². The Hall–Kier alpha value is -2.37. The minimum Gasteiger partial charge on any atom is -0.352 e. The minimum atomic E-state index is -1.13. The van der Waals surface area contributed by atoms with Gasteiger partial charge in [0.2, 0.25) is 5.91 Å². The first kappa shape index (κ1) is 17.0. The molecule has 23 heavy (non-hydrogen) atoms. The molecular weight excluding hydrogens is 294 g/mol. The van der Waals surface area contributed by atoms with Gasteiger partial charge < -0.3 is 10.6 Å². The van der Waals surface area contributed by atoms with E-state index in [2.05, 4.69) is 10.6 Å². The van der Waals surface area contributed by atoms with Crippen molar-refractivity contribution in [3.63, 3.8) is 0 Å². The topological polar surface area (TPSA) is 78.5 Å². The maximum absolute atomic E-state index is 12.6. The molecule has 0 spiro atoms. The van der Waals surface area contributed by atoms with Crippen molar-refractivity contribution in [2.24, 2.45) is 0 Å². The van der Waals surface area contributed by atoms with Gasteiger partial charge in [-0.1, -0.05) is 43.7 Å². The quantitative estimate of drug-likeness (QED) is 0.785. The van der Waals surface area contributed by atoms with Gasteiger partial charge in [-0.3, -0.25) is 14.5 Å². The molecule has 1 heterocycles. The molecule has 1 aliphatic rings. The third kappa shape index (κ3) is 3.52. The molecule has 2 N–H and O–H groups in total. The Morgan fingerprint density at radius 3 is 2.57 bits per heavy atom. The van der Waals surface area contributed by atoms with Gasteiger partial charge in [0.25, 0.3) is 5.91 Å². The third-order valence-electron chi connectivity index (χ3n) is 4.06. The van der Waals surface area contributed by atoms with Crippen molar-refractivity contribution in [1.82, 2.24) is 15.5 Å². The molecule has 0 radical (unpaired) electrons. The second-order valence-corrected chi connectivity index (χ2v) is 6.07. The highest BCUT2D eigenvalue weighted by atomic mass is 16.2. The molecule has 1 aliphatic heterocycles. The van der Waals surface area contributed by atoms with E-state index in [0.29, 0.717) is 5.56 Å². The first-order chi connectivity index (χ1) is 10.9. The SMILES string of the molecule is CCCC(C)NC(=O)CN1C(=O)NC(C)(c2ccccc2)C1=O. The van der Waals surface area contributed by atoms with Crippen molar-refractivity contribution < 1.29 is 14.4 Å². The van der Waals surface area contributed by atoms with Gasteiger partial charge in [-0.25, -0.2) is 4.79 Å². The molecule has 0 aromatic heterocycles. The minimum absolute atomic E-state index is 0.0220. The zero-order valence-electron chi connectivity index (χ0n) is 13.8. The van der Waals surface area contributed by atoms with E-state index in [1.165, 1.54) is 0 Å². The van der Waals surface area contributed by atoms with Crippen LogP contribution >= 0.6 is 0 Å². The number of rotatable bonds is 6. The van der Waals surface area contributed by atoms with Gasteiger partial charge >= 0.3 is 6.03 Å². The molecule has 2 atom stereocenters. The molecule has 2 unspecified atom stereocenters. The van der Waals surface area contributed by atoms with E-state index in [0.717, 1.165) is 17.7 Å².